The highest BCUT2D eigenvalue weighted by Crippen LogP contribution is 2.44. The van der Waals surface area contributed by atoms with Crippen LogP contribution in [-0.4, -0.2) is 0 Å². The third kappa shape index (κ3) is 7.04. The summed E-state index contributed by atoms with van der Waals surface area (Å²) in [4.78, 5) is 7.20. The number of hydrogen-bond acceptors (Lipinski definition) is 6. The fraction of sp³-hybridized carbons (Fsp3) is 0. The van der Waals surface area contributed by atoms with Gasteiger partial charge in [0.1, 0.15) is 22.3 Å². The molecule has 0 saturated heterocycles. The van der Waals surface area contributed by atoms with Crippen LogP contribution in [0.5, 0.6) is 0 Å². The van der Waals surface area contributed by atoms with Crippen molar-refractivity contribution in [3.63, 3.8) is 0 Å². The summed E-state index contributed by atoms with van der Waals surface area (Å²) in [5, 5.41) is 6.95. The van der Waals surface area contributed by atoms with Crippen LogP contribution < -0.4 is 9.80 Å². The second-order valence-electron chi connectivity index (χ2n) is 17.7. The number of anilines is 6. The van der Waals surface area contributed by atoms with Crippen molar-refractivity contribution in [1.29, 1.82) is 0 Å². The average Bonchev–Trinajstić information content (AvgIpc) is 4.23. The summed E-state index contributed by atoms with van der Waals surface area (Å²) in [5.41, 5.74) is 14.6. The largest absolute Gasteiger partial charge is 0.456 e. The summed E-state index contributed by atoms with van der Waals surface area (Å²) in [7, 11) is 0. The van der Waals surface area contributed by atoms with Crippen molar-refractivity contribution in [3.8, 4) is 32.0 Å². The molecule has 0 aliphatic carbocycles. The number of hydrogen-bond donors (Lipinski definition) is 0. The number of nitrogens with zero attached hydrogens (tertiary/aromatic N) is 2. The van der Waals surface area contributed by atoms with E-state index in [1.807, 2.05) is 46.9 Å². The Hall–Kier alpha value is -8.68. The fourth-order valence-corrected chi connectivity index (χ4v) is 12.1. The van der Waals surface area contributed by atoms with Crippen LogP contribution in [-0.2, 0) is 0 Å². The van der Waals surface area contributed by atoms with Crippen molar-refractivity contribution in [2.75, 3.05) is 9.80 Å². The van der Waals surface area contributed by atoms with E-state index in [4.69, 9.17) is 8.83 Å². The standard InChI is InChI=1S/C64H40N2O2S2/c1-7-15-61-45(9-1)37-63(69-61)43-21-29-49(30-22-43)65(51-33-35-59-55(39-51)53-11-3-5-13-57(53)67-59)47-25-17-41(18-26-47)42-19-27-48(28-20-42)66(52-34-36-60-56(40-52)54-12-4-6-14-58(54)68-60)50-31-23-44(24-32-50)64-38-46-10-2-8-16-62(46)70-64/h1-40H. The van der Waals surface area contributed by atoms with Crippen LogP contribution >= 0.6 is 22.7 Å². The van der Waals surface area contributed by atoms with Gasteiger partial charge in [-0.15, -0.1) is 22.7 Å². The molecule has 0 spiro atoms. The normalized spacial score (nSPS) is 11.7. The van der Waals surface area contributed by atoms with E-state index < -0.39 is 0 Å². The van der Waals surface area contributed by atoms with Crippen molar-refractivity contribution in [2.45, 2.75) is 0 Å². The molecule has 0 saturated carbocycles. The smallest absolute Gasteiger partial charge is 0.135 e. The van der Waals surface area contributed by atoms with Crippen molar-refractivity contribution in [3.05, 3.63) is 243 Å². The fourth-order valence-electron chi connectivity index (χ4n) is 10.0. The molecule has 0 radical (unpaired) electrons. The topological polar surface area (TPSA) is 32.8 Å². The lowest BCUT2D eigenvalue weighted by molar-refractivity contribution is 0.668. The van der Waals surface area contributed by atoms with Crippen LogP contribution in [0, 0.1) is 0 Å². The second kappa shape index (κ2) is 16.5. The number of rotatable bonds is 9. The maximum absolute atomic E-state index is 6.26. The number of para-hydroxylation sites is 2. The van der Waals surface area contributed by atoms with Gasteiger partial charge in [-0.2, -0.15) is 0 Å². The van der Waals surface area contributed by atoms with E-state index in [9.17, 15) is 0 Å². The van der Waals surface area contributed by atoms with E-state index in [1.54, 1.807) is 0 Å². The van der Waals surface area contributed by atoms with Gasteiger partial charge in [0.2, 0.25) is 0 Å². The lowest BCUT2D eigenvalue weighted by Gasteiger charge is -2.26. The Morgan fingerprint density at radius 1 is 0.257 bits per heavy atom. The molecule has 70 heavy (non-hydrogen) atoms. The van der Waals surface area contributed by atoms with Gasteiger partial charge in [0.15, 0.2) is 0 Å². The first kappa shape index (κ1) is 40.4. The Balaban J connectivity index is 0.817. The Morgan fingerprint density at radius 2 is 0.586 bits per heavy atom. The van der Waals surface area contributed by atoms with Crippen LogP contribution in [0.1, 0.15) is 0 Å². The quantitative estimate of drug-likeness (QED) is 0.144. The Bertz CT molecular complexity index is 3890. The van der Waals surface area contributed by atoms with E-state index in [0.717, 1.165) is 89.1 Å². The summed E-state index contributed by atoms with van der Waals surface area (Å²) in [5.74, 6) is 0. The third-order valence-corrected chi connectivity index (χ3v) is 15.8. The second-order valence-corrected chi connectivity index (χ2v) is 19.9. The summed E-state index contributed by atoms with van der Waals surface area (Å²) in [6, 6.07) is 87.1. The first-order valence-electron chi connectivity index (χ1n) is 23.5. The lowest BCUT2D eigenvalue weighted by Crippen LogP contribution is -2.10. The third-order valence-electron chi connectivity index (χ3n) is 13.5. The minimum atomic E-state index is 0.877. The van der Waals surface area contributed by atoms with E-state index >= 15 is 0 Å². The molecule has 4 heterocycles. The Kier molecular flexibility index (Phi) is 9.54. The van der Waals surface area contributed by atoms with Gasteiger partial charge in [0, 0.05) is 74.8 Å². The van der Waals surface area contributed by atoms with Crippen LogP contribution in [0.3, 0.4) is 0 Å². The maximum Gasteiger partial charge on any atom is 0.135 e. The molecule has 0 aliphatic heterocycles. The van der Waals surface area contributed by atoms with Gasteiger partial charge in [-0.3, -0.25) is 0 Å². The highest BCUT2D eigenvalue weighted by Gasteiger charge is 2.19. The van der Waals surface area contributed by atoms with E-state index in [2.05, 4.69) is 228 Å². The highest BCUT2D eigenvalue weighted by molar-refractivity contribution is 7.22. The predicted molar refractivity (Wildman–Crippen MR) is 297 cm³/mol. The van der Waals surface area contributed by atoms with Crippen LogP contribution in [0.4, 0.5) is 34.1 Å². The summed E-state index contributed by atoms with van der Waals surface area (Å²) in [6.45, 7) is 0. The van der Waals surface area contributed by atoms with Crippen molar-refractivity contribution in [2.24, 2.45) is 0 Å². The van der Waals surface area contributed by atoms with Gasteiger partial charge in [0.25, 0.3) is 0 Å². The minimum absolute atomic E-state index is 0.877. The summed E-state index contributed by atoms with van der Waals surface area (Å²) < 4.78 is 15.1. The van der Waals surface area contributed by atoms with Crippen LogP contribution in [0.15, 0.2) is 251 Å². The number of furan rings is 2. The van der Waals surface area contributed by atoms with Gasteiger partial charge in [-0.05, 0) is 154 Å². The van der Waals surface area contributed by atoms with Crippen molar-refractivity contribution < 1.29 is 8.83 Å². The van der Waals surface area contributed by atoms with Gasteiger partial charge < -0.3 is 18.6 Å². The van der Waals surface area contributed by atoms with Crippen LogP contribution in [0.25, 0.3) is 96.1 Å². The molecule has 0 amide bonds. The average molecular weight is 933 g/mol. The van der Waals surface area contributed by atoms with Gasteiger partial charge in [-0.25, -0.2) is 0 Å². The summed E-state index contributed by atoms with van der Waals surface area (Å²) in [6.07, 6.45) is 0. The van der Waals surface area contributed by atoms with Crippen molar-refractivity contribution >= 4 is 121 Å². The maximum atomic E-state index is 6.26. The number of fused-ring (bicyclic) bond motifs is 8. The SMILES string of the molecule is c1ccc2sc(-c3ccc(N(c4ccc(-c5ccc(N(c6ccc(-c7cc8ccccc8s7)cc6)c6ccc7oc8ccccc8c7c6)cc5)cc4)c4ccc5oc6ccccc6c5c4)cc3)cc2c1. The lowest BCUT2D eigenvalue weighted by atomic mass is 10.0. The van der Waals surface area contributed by atoms with E-state index in [1.165, 1.54) is 41.1 Å². The molecule has 0 aliphatic rings. The zero-order valence-corrected chi connectivity index (χ0v) is 39.3. The monoisotopic (exact) mass is 932 g/mol. The Labute approximate surface area is 411 Å². The van der Waals surface area contributed by atoms with Crippen LogP contribution in [0.2, 0.25) is 0 Å². The van der Waals surface area contributed by atoms with Gasteiger partial charge in [0.05, 0.1) is 0 Å². The molecule has 330 valence electrons. The van der Waals surface area contributed by atoms with E-state index in [-0.39, 0.29) is 0 Å². The molecule has 4 aromatic heterocycles. The predicted octanol–water partition coefficient (Wildman–Crippen LogP) is 19.9. The summed E-state index contributed by atoms with van der Waals surface area (Å²) >= 11 is 3.66. The molecule has 0 bridgehead atoms. The Morgan fingerprint density at radius 3 is 0.986 bits per heavy atom. The van der Waals surface area contributed by atoms with Gasteiger partial charge >= 0.3 is 0 Å². The molecule has 14 aromatic rings. The molecule has 14 rings (SSSR count). The molecule has 4 nitrogen and oxygen atoms in total. The molecule has 0 atom stereocenters. The molecule has 6 heteroatoms. The highest BCUT2D eigenvalue weighted by atomic mass is 32.1. The zero-order chi connectivity index (χ0) is 46.1. The molecule has 10 aromatic carbocycles. The first-order valence-corrected chi connectivity index (χ1v) is 25.1. The molecule has 0 fully saturated rings. The molecular weight excluding hydrogens is 893 g/mol. The number of benzene rings is 10. The first-order chi connectivity index (χ1) is 34.6. The van der Waals surface area contributed by atoms with Crippen molar-refractivity contribution in [1.82, 2.24) is 0 Å². The van der Waals surface area contributed by atoms with Gasteiger partial charge in [-0.1, -0.05) is 121 Å². The van der Waals surface area contributed by atoms with E-state index in [0.29, 0.717) is 0 Å². The zero-order valence-electron chi connectivity index (χ0n) is 37.6. The minimum Gasteiger partial charge on any atom is -0.456 e. The molecule has 0 N–H and O–H groups in total. The molecule has 0 unspecified atom stereocenters. The molecular formula is C64H40N2O2S2. The number of thiophene rings is 2.